The van der Waals surface area contributed by atoms with Crippen LogP contribution in [0.1, 0.15) is 29.9 Å². The van der Waals surface area contributed by atoms with Crippen molar-refractivity contribution >= 4 is 34.8 Å². The van der Waals surface area contributed by atoms with Crippen LogP contribution in [0.2, 0.25) is 10.0 Å². The molecular formula is C21H20Cl2F2N2O. The van der Waals surface area contributed by atoms with E-state index in [2.05, 4.69) is 4.90 Å². The van der Waals surface area contributed by atoms with Gasteiger partial charge in [0.25, 0.3) is 0 Å². The van der Waals surface area contributed by atoms with E-state index in [-0.39, 0.29) is 29.1 Å². The minimum absolute atomic E-state index is 0.0329. The van der Waals surface area contributed by atoms with Crippen molar-refractivity contribution in [1.29, 1.82) is 0 Å². The highest BCUT2D eigenvalue weighted by Crippen LogP contribution is 2.35. The van der Waals surface area contributed by atoms with Crippen molar-refractivity contribution in [2.24, 2.45) is 0 Å². The van der Waals surface area contributed by atoms with Crippen molar-refractivity contribution in [3.8, 4) is 0 Å². The summed E-state index contributed by atoms with van der Waals surface area (Å²) in [5.74, 6) is -1.12. The minimum atomic E-state index is -0.634. The molecule has 0 radical (unpaired) electrons. The van der Waals surface area contributed by atoms with E-state index in [1.54, 1.807) is 6.07 Å². The highest BCUT2D eigenvalue weighted by Gasteiger charge is 2.40. The first-order valence-electron chi connectivity index (χ1n) is 9.30. The minimum Gasteiger partial charge on any atom is -0.311 e. The van der Waals surface area contributed by atoms with Crippen LogP contribution < -0.4 is 4.90 Å². The number of benzene rings is 2. The predicted molar refractivity (Wildman–Crippen MR) is 107 cm³/mol. The van der Waals surface area contributed by atoms with Crippen LogP contribution >= 0.6 is 23.2 Å². The topological polar surface area (TPSA) is 23.6 Å². The maximum absolute atomic E-state index is 13.9. The summed E-state index contributed by atoms with van der Waals surface area (Å²) in [7, 11) is 0. The lowest BCUT2D eigenvalue weighted by atomic mass is 9.98. The third-order valence-electron chi connectivity index (χ3n) is 5.77. The Labute approximate surface area is 172 Å². The van der Waals surface area contributed by atoms with Crippen LogP contribution in [-0.4, -0.2) is 36.5 Å². The van der Waals surface area contributed by atoms with Crippen LogP contribution in [0.25, 0.3) is 0 Å². The number of rotatable bonds is 3. The van der Waals surface area contributed by atoms with E-state index in [1.807, 2.05) is 12.1 Å². The Kier molecular flexibility index (Phi) is 5.34. The molecule has 0 bridgehead atoms. The zero-order valence-corrected chi connectivity index (χ0v) is 16.9. The summed E-state index contributed by atoms with van der Waals surface area (Å²) in [6.07, 6.45) is 1.55. The van der Waals surface area contributed by atoms with Crippen molar-refractivity contribution in [3.63, 3.8) is 0 Å². The molecule has 2 aromatic rings. The fraction of sp³-hybridized carbons (Fsp3) is 0.381. The van der Waals surface area contributed by atoms with Crippen molar-refractivity contribution in [2.45, 2.75) is 31.7 Å². The second-order valence-electron chi connectivity index (χ2n) is 7.51. The average Bonchev–Trinajstić information content (AvgIpc) is 3.25. The number of likely N-dealkylation sites (tertiary alicyclic amines) is 1. The second-order valence-corrected chi connectivity index (χ2v) is 8.38. The van der Waals surface area contributed by atoms with Gasteiger partial charge >= 0.3 is 0 Å². The van der Waals surface area contributed by atoms with E-state index in [1.165, 1.54) is 24.0 Å². The number of carbonyl (C=O) groups excluding carboxylic acids is 1. The summed E-state index contributed by atoms with van der Waals surface area (Å²) in [4.78, 5) is 16.6. The van der Waals surface area contributed by atoms with Crippen molar-refractivity contribution in [3.05, 3.63) is 63.1 Å². The van der Waals surface area contributed by atoms with E-state index in [0.717, 1.165) is 25.1 Å². The molecule has 2 saturated heterocycles. The molecule has 0 aliphatic carbocycles. The molecule has 0 N–H and O–H groups in total. The Morgan fingerprint density at radius 1 is 0.964 bits per heavy atom. The van der Waals surface area contributed by atoms with E-state index in [4.69, 9.17) is 23.2 Å². The number of nitrogens with zero attached hydrogens (tertiary/aromatic N) is 2. The van der Waals surface area contributed by atoms with Gasteiger partial charge in [0.15, 0.2) is 0 Å². The van der Waals surface area contributed by atoms with Gasteiger partial charge in [-0.25, -0.2) is 8.78 Å². The molecular weight excluding hydrogens is 405 g/mol. The number of hydrogen-bond donors (Lipinski definition) is 0. The maximum Gasteiger partial charge on any atom is 0.244 e. The summed E-state index contributed by atoms with van der Waals surface area (Å²) in [5, 5.41) is 1.21. The van der Waals surface area contributed by atoms with Crippen molar-refractivity contribution in [1.82, 2.24) is 4.90 Å². The van der Waals surface area contributed by atoms with Gasteiger partial charge in [-0.15, -0.1) is 0 Å². The Morgan fingerprint density at radius 2 is 1.61 bits per heavy atom. The van der Waals surface area contributed by atoms with Gasteiger partial charge in [-0.2, -0.15) is 0 Å². The monoisotopic (exact) mass is 424 g/mol. The molecule has 2 aromatic carbocycles. The second kappa shape index (κ2) is 7.62. The van der Waals surface area contributed by atoms with Gasteiger partial charge in [0.1, 0.15) is 11.6 Å². The summed E-state index contributed by atoms with van der Waals surface area (Å²) in [5.41, 5.74) is 1.32. The lowest BCUT2D eigenvalue weighted by Gasteiger charge is -2.24. The summed E-state index contributed by atoms with van der Waals surface area (Å²) < 4.78 is 27.8. The Balaban J connectivity index is 1.49. The zero-order chi connectivity index (χ0) is 20.0. The van der Waals surface area contributed by atoms with Crippen molar-refractivity contribution in [2.75, 3.05) is 24.5 Å². The standard InChI is InChI=1S/C21H20Cl2F2N2O/c1-12-18(24)9-17(10-19(12)25)27-5-3-20(21(27)28)26-4-2-13(11-26)14-6-15(22)8-16(23)7-14/h6-10,13,20H,2-5,11H2,1H3. The van der Waals surface area contributed by atoms with Gasteiger partial charge in [0.2, 0.25) is 5.91 Å². The molecule has 28 heavy (non-hydrogen) atoms. The molecule has 148 valence electrons. The number of halogens is 4. The predicted octanol–water partition coefficient (Wildman–Crippen LogP) is 5.17. The maximum atomic E-state index is 13.9. The van der Waals surface area contributed by atoms with Gasteiger partial charge in [-0.3, -0.25) is 9.69 Å². The summed E-state index contributed by atoms with van der Waals surface area (Å²) >= 11 is 12.2. The number of amides is 1. The van der Waals surface area contributed by atoms with Gasteiger partial charge in [0, 0.05) is 34.4 Å². The molecule has 1 amide bonds. The molecule has 4 rings (SSSR count). The van der Waals surface area contributed by atoms with Gasteiger partial charge in [0.05, 0.1) is 6.04 Å². The lowest BCUT2D eigenvalue weighted by molar-refractivity contribution is -0.121. The molecule has 7 heteroatoms. The van der Waals surface area contributed by atoms with Crippen LogP contribution in [0.15, 0.2) is 30.3 Å². The van der Waals surface area contributed by atoms with E-state index >= 15 is 0 Å². The van der Waals surface area contributed by atoms with Crippen LogP contribution in [0.5, 0.6) is 0 Å². The first kappa shape index (κ1) is 19.6. The molecule has 2 aliphatic rings. The third kappa shape index (κ3) is 3.63. The first-order chi connectivity index (χ1) is 13.3. The van der Waals surface area contributed by atoms with Gasteiger partial charge < -0.3 is 4.90 Å². The fourth-order valence-electron chi connectivity index (χ4n) is 4.20. The van der Waals surface area contributed by atoms with E-state index < -0.39 is 11.6 Å². The smallest absolute Gasteiger partial charge is 0.244 e. The normalized spacial score (nSPS) is 23.0. The van der Waals surface area contributed by atoms with E-state index in [9.17, 15) is 13.6 Å². The number of carbonyl (C=O) groups is 1. The Hall–Kier alpha value is -1.69. The van der Waals surface area contributed by atoms with Crippen LogP contribution in [0.4, 0.5) is 14.5 Å². The molecule has 2 unspecified atom stereocenters. The molecule has 0 spiro atoms. The van der Waals surface area contributed by atoms with Gasteiger partial charge in [-0.1, -0.05) is 23.2 Å². The Morgan fingerprint density at radius 3 is 2.25 bits per heavy atom. The lowest BCUT2D eigenvalue weighted by Crippen LogP contribution is -2.40. The molecule has 2 aliphatic heterocycles. The highest BCUT2D eigenvalue weighted by molar-refractivity contribution is 6.34. The quantitative estimate of drug-likeness (QED) is 0.677. The van der Waals surface area contributed by atoms with Crippen LogP contribution in [-0.2, 0) is 4.79 Å². The van der Waals surface area contributed by atoms with Crippen molar-refractivity contribution < 1.29 is 13.6 Å². The fourth-order valence-corrected chi connectivity index (χ4v) is 4.74. The molecule has 0 aromatic heterocycles. The highest BCUT2D eigenvalue weighted by atomic mass is 35.5. The molecule has 0 saturated carbocycles. The largest absolute Gasteiger partial charge is 0.311 e. The third-order valence-corrected chi connectivity index (χ3v) is 6.21. The summed E-state index contributed by atoms with van der Waals surface area (Å²) in [6.45, 7) is 3.36. The Bertz CT molecular complexity index is 893. The van der Waals surface area contributed by atoms with Gasteiger partial charge in [-0.05, 0) is 68.1 Å². The molecule has 3 nitrogen and oxygen atoms in total. The zero-order valence-electron chi connectivity index (χ0n) is 15.4. The average molecular weight is 425 g/mol. The van der Waals surface area contributed by atoms with E-state index in [0.29, 0.717) is 23.0 Å². The molecule has 2 fully saturated rings. The SMILES string of the molecule is Cc1c(F)cc(N2CCC(N3CCC(c4cc(Cl)cc(Cl)c4)C3)C2=O)cc1F. The molecule has 2 heterocycles. The summed E-state index contributed by atoms with van der Waals surface area (Å²) in [6, 6.07) is 7.74. The molecule has 2 atom stereocenters. The number of hydrogen-bond acceptors (Lipinski definition) is 2. The number of anilines is 1. The van der Waals surface area contributed by atoms with Crippen LogP contribution in [0, 0.1) is 18.6 Å². The van der Waals surface area contributed by atoms with Crippen LogP contribution in [0.3, 0.4) is 0 Å². The first-order valence-corrected chi connectivity index (χ1v) is 10.1.